The fraction of sp³-hybridized carbons (Fsp3) is 0.333. The van der Waals surface area contributed by atoms with Crippen LogP contribution in [0.2, 0.25) is 0 Å². The first-order valence-electron chi connectivity index (χ1n) is 9.55. The summed E-state index contributed by atoms with van der Waals surface area (Å²) in [5.74, 6) is -0.234. The number of halogens is 2. The average Bonchev–Trinajstić information content (AvgIpc) is 2.73. The first-order chi connectivity index (χ1) is 14.5. The monoisotopic (exact) mass is 490 g/mol. The van der Waals surface area contributed by atoms with E-state index in [1.54, 1.807) is 19.1 Å². The van der Waals surface area contributed by atoms with E-state index in [-0.39, 0.29) is 28.8 Å². The molecule has 0 bridgehead atoms. The molecule has 0 atom stereocenters. The summed E-state index contributed by atoms with van der Waals surface area (Å²) in [5, 5.41) is 0.780. The van der Waals surface area contributed by atoms with Crippen LogP contribution in [-0.2, 0) is 24.1 Å². The smallest absolute Gasteiger partial charge is 0.383 e. The largest absolute Gasteiger partial charge is 0.401 e. The van der Waals surface area contributed by atoms with Crippen LogP contribution in [-0.4, -0.2) is 21.4 Å². The lowest BCUT2D eigenvalue weighted by Crippen LogP contribution is -2.24. The highest BCUT2D eigenvalue weighted by Crippen LogP contribution is 2.41. The quantitative estimate of drug-likeness (QED) is 0.222. The lowest BCUT2D eigenvalue weighted by atomic mass is 10.2. The molecule has 0 saturated carbocycles. The summed E-state index contributed by atoms with van der Waals surface area (Å²) in [7, 11) is -9.22. The Bertz CT molecular complexity index is 1100. The van der Waals surface area contributed by atoms with Gasteiger partial charge < -0.3 is 4.18 Å². The number of thioether (sulfide) groups is 1. The van der Waals surface area contributed by atoms with Gasteiger partial charge in [0.05, 0.1) is 4.90 Å². The molecule has 0 aliphatic heterocycles. The Labute approximate surface area is 186 Å². The van der Waals surface area contributed by atoms with Crippen molar-refractivity contribution in [1.82, 2.24) is 0 Å². The number of hydrogen-bond donors (Lipinski definition) is 0. The molecule has 0 aliphatic rings. The van der Waals surface area contributed by atoms with Gasteiger partial charge in [0.15, 0.2) is 0 Å². The summed E-state index contributed by atoms with van der Waals surface area (Å²) >= 11 is -0.288. The maximum absolute atomic E-state index is 14.6. The van der Waals surface area contributed by atoms with Crippen molar-refractivity contribution in [3.8, 4) is 0 Å². The van der Waals surface area contributed by atoms with E-state index in [4.69, 9.17) is 4.18 Å². The summed E-state index contributed by atoms with van der Waals surface area (Å²) in [6.45, 7) is 3.72. The highest BCUT2D eigenvalue weighted by atomic mass is 32.3. The van der Waals surface area contributed by atoms with Crippen molar-refractivity contribution < 1.29 is 29.8 Å². The van der Waals surface area contributed by atoms with Gasteiger partial charge in [0.25, 0.3) is 9.84 Å². The van der Waals surface area contributed by atoms with Crippen LogP contribution in [0.25, 0.3) is 0 Å². The standard InChI is InChI=1S/C21H24F2O5S3/c1-3-4-6-9-18(28-31(26,27)20-14-12-17(2)13-15-20)16-29-21(22,23)30(24,25)19-10-7-5-8-11-19/h5,7-8,10-16H,3-4,6,9H2,1-2H3/b18-16+. The first-order valence-corrected chi connectivity index (χ1v) is 13.3. The molecule has 0 unspecified atom stereocenters. The molecule has 31 heavy (non-hydrogen) atoms. The van der Waals surface area contributed by atoms with Gasteiger partial charge in [-0.3, -0.25) is 0 Å². The summed E-state index contributed by atoms with van der Waals surface area (Å²) in [4.78, 5) is -0.644. The topological polar surface area (TPSA) is 77.5 Å². The number of aryl methyl sites for hydroxylation is 1. The molecule has 0 N–H and O–H groups in total. The molecule has 2 aromatic rings. The molecular weight excluding hydrogens is 466 g/mol. The van der Waals surface area contributed by atoms with E-state index in [1.165, 1.54) is 30.3 Å². The molecule has 5 nitrogen and oxygen atoms in total. The van der Waals surface area contributed by atoms with Crippen LogP contribution < -0.4 is 0 Å². The molecule has 0 fully saturated rings. The van der Waals surface area contributed by atoms with Crippen molar-refractivity contribution in [3.63, 3.8) is 0 Å². The van der Waals surface area contributed by atoms with Gasteiger partial charge >= 0.3 is 14.7 Å². The molecule has 0 heterocycles. The van der Waals surface area contributed by atoms with Crippen LogP contribution in [0.4, 0.5) is 8.78 Å². The molecule has 0 amide bonds. The average molecular weight is 491 g/mol. The molecule has 0 saturated heterocycles. The number of hydrogen-bond acceptors (Lipinski definition) is 6. The molecule has 0 radical (unpaired) electrons. The second-order valence-electron chi connectivity index (χ2n) is 6.79. The minimum absolute atomic E-state index is 0.0768. The molecule has 0 spiro atoms. The summed E-state index contributed by atoms with van der Waals surface area (Å²) < 4.78 is 79.7. The fourth-order valence-corrected chi connectivity index (χ4v) is 5.70. The van der Waals surface area contributed by atoms with E-state index in [0.717, 1.165) is 35.9 Å². The fourth-order valence-electron chi connectivity index (χ4n) is 2.50. The second-order valence-corrected chi connectivity index (χ2v) is 11.6. The van der Waals surface area contributed by atoms with Crippen LogP contribution in [0.1, 0.15) is 38.2 Å². The van der Waals surface area contributed by atoms with Crippen LogP contribution in [0.15, 0.2) is 75.6 Å². The van der Waals surface area contributed by atoms with Crippen molar-refractivity contribution >= 4 is 31.7 Å². The van der Waals surface area contributed by atoms with Crippen molar-refractivity contribution in [2.24, 2.45) is 0 Å². The van der Waals surface area contributed by atoms with Crippen LogP contribution in [0, 0.1) is 6.92 Å². The molecule has 2 rings (SSSR count). The van der Waals surface area contributed by atoms with E-state index in [1.807, 2.05) is 6.92 Å². The second kappa shape index (κ2) is 10.6. The third kappa shape index (κ3) is 6.78. The summed E-state index contributed by atoms with van der Waals surface area (Å²) in [5.41, 5.74) is 0.846. The zero-order valence-electron chi connectivity index (χ0n) is 17.1. The number of allylic oxidation sites excluding steroid dienone is 1. The SMILES string of the molecule is CCCCC/C(=C\SC(F)(F)S(=O)(=O)c1ccccc1)OS(=O)(=O)c1ccc(C)cc1. The van der Waals surface area contributed by atoms with E-state index >= 15 is 0 Å². The van der Waals surface area contributed by atoms with Crippen molar-refractivity contribution in [3.05, 3.63) is 71.3 Å². The first kappa shape index (κ1) is 25.4. The van der Waals surface area contributed by atoms with Gasteiger partial charge in [-0.1, -0.05) is 55.7 Å². The highest BCUT2D eigenvalue weighted by Gasteiger charge is 2.46. The van der Waals surface area contributed by atoms with E-state index < -0.39 is 29.4 Å². The zero-order chi connectivity index (χ0) is 23.1. The van der Waals surface area contributed by atoms with Gasteiger partial charge in [-0.05, 0) is 49.4 Å². The molecule has 2 aromatic carbocycles. The van der Waals surface area contributed by atoms with Gasteiger partial charge in [-0.2, -0.15) is 17.2 Å². The van der Waals surface area contributed by atoms with Crippen LogP contribution >= 0.6 is 11.8 Å². The van der Waals surface area contributed by atoms with E-state index in [0.29, 0.717) is 6.42 Å². The Morgan fingerprint density at radius 2 is 1.58 bits per heavy atom. The van der Waals surface area contributed by atoms with Crippen molar-refractivity contribution in [2.45, 2.75) is 53.9 Å². The van der Waals surface area contributed by atoms with Gasteiger partial charge in [-0.15, -0.1) is 0 Å². The Hall–Kier alpha value is -1.91. The maximum Gasteiger partial charge on any atom is 0.401 e. The van der Waals surface area contributed by atoms with E-state index in [2.05, 4.69) is 0 Å². The minimum Gasteiger partial charge on any atom is -0.383 e. The zero-order valence-corrected chi connectivity index (χ0v) is 19.6. The normalized spacial score (nSPS) is 13.2. The number of sulfone groups is 1. The van der Waals surface area contributed by atoms with Gasteiger partial charge in [0.1, 0.15) is 10.7 Å². The Balaban J connectivity index is 2.29. The minimum atomic E-state index is -4.98. The number of benzene rings is 2. The molecule has 170 valence electrons. The number of rotatable bonds is 11. The molecule has 0 aromatic heterocycles. The van der Waals surface area contributed by atoms with Gasteiger partial charge in [0.2, 0.25) is 0 Å². The van der Waals surface area contributed by atoms with E-state index in [9.17, 15) is 25.6 Å². The predicted molar refractivity (Wildman–Crippen MR) is 118 cm³/mol. The maximum atomic E-state index is 14.6. The third-order valence-corrected chi connectivity index (χ3v) is 8.65. The van der Waals surface area contributed by atoms with Crippen LogP contribution in [0.5, 0.6) is 0 Å². The predicted octanol–water partition coefficient (Wildman–Crippen LogP) is 5.88. The van der Waals surface area contributed by atoms with Crippen LogP contribution in [0.3, 0.4) is 0 Å². The van der Waals surface area contributed by atoms with Crippen molar-refractivity contribution in [2.75, 3.05) is 0 Å². The molecule has 0 aliphatic carbocycles. The number of unbranched alkanes of at least 4 members (excludes halogenated alkanes) is 2. The lowest BCUT2D eigenvalue weighted by molar-refractivity contribution is 0.196. The van der Waals surface area contributed by atoms with Gasteiger partial charge in [-0.25, -0.2) is 8.42 Å². The molecular formula is C21H24F2O5S3. The summed E-state index contributed by atoms with van der Waals surface area (Å²) in [6.07, 6.45) is 2.13. The Morgan fingerprint density at radius 3 is 2.16 bits per heavy atom. The van der Waals surface area contributed by atoms with Crippen molar-refractivity contribution in [1.29, 1.82) is 0 Å². The Kier molecular flexibility index (Phi) is 8.67. The van der Waals surface area contributed by atoms with Gasteiger partial charge in [0, 0.05) is 11.8 Å². The lowest BCUT2D eigenvalue weighted by Gasteiger charge is -2.16. The Morgan fingerprint density at radius 1 is 0.968 bits per heavy atom. The molecule has 10 heteroatoms. The highest BCUT2D eigenvalue weighted by molar-refractivity contribution is 8.15. The third-order valence-electron chi connectivity index (χ3n) is 4.25. The summed E-state index contributed by atoms with van der Waals surface area (Å²) in [6, 6.07) is 12.2. The number of alkyl halides is 2.